The molecule has 0 amide bonds. The van der Waals surface area contributed by atoms with E-state index in [0.717, 1.165) is 36.1 Å². The maximum Gasteiger partial charge on any atom is 0.120 e. The van der Waals surface area contributed by atoms with Crippen LogP contribution in [0.3, 0.4) is 0 Å². The van der Waals surface area contributed by atoms with E-state index in [2.05, 4.69) is 34.8 Å². The van der Waals surface area contributed by atoms with Gasteiger partial charge in [-0.2, -0.15) is 0 Å². The molecule has 0 saturated carbocycles. The van der Waals surface area contributed by atoms with Crippen molar-refractivity contribution >= 4 is 15.9 Å². The number of phenolic OH excluding ortho intramolecular Hbond substituents is 1. The predicted molar refractivity (Wildman–Crippen MR) is 75.8 cm³/mol. The van der Waals surface area contributed by atoms with Crippen LogP contribution in [0.25, 0.3) is 0 Å². The zero-order valence-corrected chi connectivity index (χ0v) is 12.5. The molecule has 100 valence electrons. The summed E-state index contributed by atoms with van der Waals surface area (Å²) in [6.45, 7) is 3.81. The lowest BCUT2D eigenvalue weighted by Gasteiger charge is -2.35. The minimum Gasteiger partial charge on any atom is -0.508 e. The Kier molecular flexibility index (Phi) is 4.65. The Bertz CT molecular complexity index is 405. The van der Waals surface area contributed by atoms with E-state index in [1.807, 2.05) is 12.1 Å². The normalized spacial score (nSPS) is 19.1. The first-order valence-electron chi connectivity index (χ1n) is 6.37. The second-order valence-electron chi connectivity index (χ2n) is 4.89. The molecule has 4 heteroatoms. The lowest BCUT2D eigenvalue weighted by molar-refractivity contribution is 0.0306. The number of ether oxygens (including phenoxy) is 1. The minimum atomic E-state index is 0.200. The summed E-state index contributed by atoms with van der Waals surface area (Å²) in [6.07, 6.45) is 2.13. The molecule has 0 spiro atoms. The minimum absolute atomic E-state index is 0.200. The van der Waals surface area contributed by atoms with Crippen LogP contribution in [-0.4, -0.2) is 36.3 Å². The van der Waals surface area contributed by atoms with Crippen LogP contribution in [0.4, 0.5) is 0 Å². The van der Waals surface area contributed by atoms with Crippen molar-refractivity contribution in [2.75, 3.05) is 20.3 Å². The Labute approximate surface area is 117 Å². The summed E-state index contributed by atoms with van der Waals surface area (Å²) in [5.74, 6) is 0.365. The second-order valence-corrected chi connectivity index (χ2v) is 5.80. The summed E-state index contributed by atoms with van der Waals surface area (Å²) in [4.78, 5) is 2.34. The van der Waals surface area contributed by atoms with Gasteiger partial charge in [-0.05, 0) is 45.0 Å². The molecule has 1 saturated heterocycles. The molecule has 0 aromatic heterocycles. The third-order valence-electron chi connectivity index (χ3n) is 3.82. The average molecular weight is 314 g/mol. The molecule has 1 aromatic carbocycles. The summed E-state index contributed by atoms with van der Waals surface area (Å²) < 4.78 is 6.40. The van der Waals surface area contributed by atoms with Crippen molar-refractivity contribution < 1.29 is 9.84 Å². The van der Waals surface area contributed by atoms with Crippen LogP contribution >= 0.6 is 15.9 Å². The lowest BCUT2D eigenvalue weighted by Crippen LogP contribution is -2.38. The van der Waals surface area contributed by atoms with Gasteiger partial charge in [0.1, 0.15) is 5.75 Å². The molecule has 1 aliphatic heterocycles. The largest absolute Gasteiger partial charge is 0.508 e. The lowest BCUT2D eigenvalue weighted by atomic mass is 10.0. The summed E-state index contributed by atoms with van der Waals surface area (Å²) >= 11 is 3.46. The van der Waals surface area contributed by atoms with Gasteiger partial charge in [0.05, 0.1) is 0 Å². The molecule has 1 aliphatic rings. The van der Waals surface area contributed by atoms with Gasteiger partial charge in [-0.3, -0.25) is 4.90 Å². The van der Waals surface area contributed by atoms with Gasteiger partial charge in [-0.1, -0.05) is 15.9 Å². The number of hydrogen-bond acceptors (Lipinski definition) is 3. The Morgan fingerprint density at radius 2 is 2.06 bits per heavy atom. The van der Waals surface area contributed by atoms with Gasteiger partial charge in [0.15, 0.2) is 0 Å². The van der Waals surface area contributed by atoms with Crippen molar-refractivity contribution in [3.63, 3.8) is 0 Å². The van der Waals surface area contributed by atoms with E-state index in [-0.39, 0.29) is 6.04 Å². The molecule has 18 heavy (non-hydrogen) atoms. The standard InChI is InChI=1S/C14H20BrNO2/c1-10(13-9-11(15)3-4-14(13)17)16(2)12-5-7-18-8-6-12/h3-4,9-10,12,17H,5-8H2,1-2H3. The van der Waals surface area contributed by atoms with Gasteiger partial charge in [-0.15, -0.1) is 0 Å². The fourth-order valence-corrected chi connectivity index (χ4v) is 2.87. The van der Waals surface area contributed by atoms with Crippen molar-refractivity contribution in [1.82, 2.24) is 4.90 Å². The molecule has 0 bridgehead atoms. The highest BCUT2D eigenvalue weighted by atomic mass is 79.9. The van der Waals surface area contributed by atoms with Crippen LogP contribution < -0.4 is 0 Å². The number of hydrogen-bond donors (Lipinski definition) is 1. The Morgan fingerprint density at radius 1 is 1.39 bits per heavy atom. The van der Waals surface area contributed by atoms with E-state index in [4.69, 9.17) is 4.74 Å². The molecule has 1 N–H and O–H groups in total. The van der Waals surface area contributed by atoms with Crippen LogP contribution in [0.2, 0.25) is 0 Å². The molecule has 0 radical (unpaired) electrons. The first-order chi connectivity index (χ1) is 8.59. The Morgan fingerprint density at radius 3 is 2.72 bits per heavy atom. The zero-order chi connectivity index (χ0) is 13.1. The number of aromatic hydroxyl groups is 1. The van der Waals surface area contributed by atoms with Gasteiger partial charge in [0.2, 0.25) is 0 Å². The van der Waals surface area contributed by atoms with Gasteiger partial charge in [0.25, 0.3) is 0 Å². The molecule has 1 aromatic rings. The van der Waals surface area contributed by atoms with E-state index < -0.39 is 0 Å². The topological polar surface area (TPSA) is 32.7 Å². The fraction of sp³-hybridized carbons (Fsp3) is 0.571. The maximum absolute atomic E-state index is 9.98. The number of halogens is 1. The number of benzene rings is 1. The number of nitrogens with zero attached hydrogens (tertiary/aromatic N) is 1. The van der Waals surface area contributed by atoms with Crippen molar-refractivity contribution in [2.45, 2.75) is 31.8 Å². The Balaban J connectivity index is 2.13. The van der Waals surface area contributed by atoms with Gasteiger partial charge >= 0.3 is 0 Å². The summed E-state index contributed by atoms with van der Waals surface area (Å²) in [6, 6.07) is 6.33. The third-order valence-corrected chi connectivity index (χ3v) is 4.31. The van der Waals surface area contributed by atoms with E-state index in [1.165, 1.54) is 0 Å². The summed E-state index contributed by atoms with van der Waals surface area (Å²) in [7, 11) is 2.13. The fourth-order valence-electron chi connectivity index (χ4n) is 2.49. The van der Waals surface area contributed by atoms with E-state index in [0.29, 0.717) is 11.8 Å². The van der Waals surface area contributed by atoms with Crippen LogP contribution in [0.15, 0.2) is 22.7 Å². The molecule has 1 fully saturated rings. The first-order valence-corrected chi connectivity index (χ1v) is 7.17. The molecule has 1 atom stereocenters. The quantitative estimate of drug-likeness (QED) is 0.929. The van der Waals surface area contributed by atoms with Gasteiger partial charge in [0, 0.05) is 35.3 Å². The van der Waals surface area contributed by atoms with Crippen LogP contribution in [0, 0.1) is 0 Å². The zero-order valence-electron chi connectivity index (χ0n) is 10.9. The van der Waals surface area contributed by atoms with Gasteiger partial charge < -0.3 is 9.84 Å². The monoisotopic (exact) mass is 313 g/mol. The van der Waals surface area contributed by atoms with E-state index in [9.17, 15) is 5.11 Å². The van der Waals surface area contributed by atoms with Crippen LogP contribution in [0.1, 0.15) is 31.4 Å². The van der Waals surface area contributed by atoms with Gasteiger partial charge in [-0.25, -0.2) is 0 Å². The summed E-state index contributed by atoms with van der Waals surface area (Å²) in [5.41, 5.74) is 0.971. The highest BCUT2D eigenvalue weighted by Crippen LogP contribution is 2.32. The molecule has 1 unspecified atom stereocenters. The first kappa shape index (κ1) is 13.8. The van der Waals surface area contributed by atoms with Crippen molar-refractivity contribution in [2.24, 2.45) is 0 Å². The van der Waals surface area contributed by atoms with Crippen LogP contribution in [-0.2, 0) is 4.74 Å². The molecular weight excluding hydrogens is 294 g/mol. The van der Waals surface area contributed by atoms with Crippen molar-refractivity contribution in [1.29, 1.82) is 0 Å². The number of rotatable bonds is 3. The maximum atomic E-state index is 9.98. The summed E-state index contributed by atoms with van der Waals surface area (Å²) in [5, 5.41) is 9.98. The SMILES string of the molecule is CC(c1cc(Br)ccc1O)N(C)C1CCOCC1. The second kappa shape index (κ2) is 6.04. The highest BCUT2D eigenvalue weighted by molar-refractivity contribution is 9.10. The third kappa shape index (κ3) is 3.05. The highest BCUT2D eigenvalue weighted by Gasteiger charge is 2.24. The molecule has 3 nitrogen and oxygen atoms in total. The van der Waals surface area contributed by atoms with Crippen molar-refractivity contribution in [3.8, 4) is 5.75 Å². The number of phenols is 1. The Hall–Kier alpha value is -0.580. The molecule has 2 rings (SSSR count). The smallest absolute Gasteiger partial charge is 0.120 e. The molecular formula is C14H20BrNO2. The van der Waals surface area contributed by atoms with Crippen molar-refractivity contribution in [3.05, 3.63) is 28.2 Å². The average Bonchev–Trinajstić information content (AvgIpc) is 2.41. The van der Waals surface area contributed by atoms with Crippen LogP contribution in [0.5, 0.6) is 5.75 Å². The predicted octanol–water partition coefficient (Wildman–Crippen LogP) is 3.33. The molecule has 1 heterocycles. The molecule has 0 aliphatic carbocycles. The van der Waals surface area contributed by atoms with E-state index in [1.54, 1.807) is 6.07 Å². The van der Waals surface area contributed by atoms with E-state index >= 15 is 0 Å².